The Labute approximate surface area is 165 Å². The number of nitrogens with zero attached hydrogens (tertiary/aromatic N) is 2. The van der Waals surface area contributed by atoms with Gasteiger partial charge in [0.2, 0.25) is 0 Å². The molecule has 1 N–H and O–H groups in total. The van der Waals surface area contributed by atoms with Crippen LogP contribution in [-0.2, 0) is 0 Å². The Hall–Kier alpha value is -2.77. The zero-order chi connectivity index (χ0) is 19.7. The molecule has 0 unspecified atom stereocenters. The van der Waals surface area contributed by atoms with Crippen LogP contribution in [0.4, 0.5) is 10.8 Å². The monoisotopic (exact) mass is 401 g/mol. The molecule has 0 fully saturated rings. The lowest BCUT2D eigenvalue weighted by molar-refractivity contribution is -0.385. The summed E-state index contributed by atoms with van der Waals surface area (Å²) in [4.78, 5) is 27.5. The number of hydrogen-bond donors (Lipinski definition) is 1. The maximum absolute atomic E-state index is 12.5. The number of thiazole rings is 1. The molecular weight excluding hydrogens is 386 g/mol. The summed E-state index contributed by atoms with van der Waals surface area (Å²) in [5.74, 6) is -0.601. The van der Waals surface area contributed by atoms with Crippen molar-refractivity contribution in [3.63, 3.8) is 0 Å². The third kappa shape index (κ3) is 3.99. The molecule has 1 heterocycles. The molecular formula is C19H16ClN3O3S. The summed E-state index contributed by atoms with van der Waals surface area (Å²) in [7, 11) is 0. The van der Waals surface area contributed by atoms with E-state index in [-0.39, 0.29) is 16.3 Å². The zero-order valence-corrected chi connectivity index (χ0v) is 16.4. The summed E-state index contributed by atoms with van der Waals surface area (Å²) in [5, 5.41) is 16.2. The SMILES string of the molecule is Cc1cc(C)c(-c2csc(NC(=O)c3ccc(Cl)cc3[N+](=O)[O-])n2)cc1C. The lowest BCUT2D eigenvalue weighted by Gasteiger charge is -2.07. The Balaban J connectivity index is 1.88. The van der Waals surface area contributed by atoms with E-state index >= 15 is 0 Å². The topological polar surface area (TPSA) is 85.1 Å². The molecule has 1 amide bonds. The van der Waals surface area contributed by atoms with Crippen molar-refractivity contribution in [3.8, 4) is 11.3 Å². The van der Waals surface area contributed by atoms with Crippen LogP contribution in [0, 0.1) is 30.9 Å². The molecule has 0 aliphatic rings. The van der Waals surface area contributed by atoms with Crippen LogP contribution in [0.25, 0.3) is 11.3 Å². The Morgan fingerprint density at radius 2 is 1.85 bits per heavy atom. The van der Waals surface area contributed by atoms with Gasteiger partial charge in [0, 0.05) is 22.0 Å². The van der Waals surface area contributed by atoms with Gasteiger partial charge in [0.25, 0.3) is 11.6 Å². The van der Waals surface area contributed by atoms with Crippen molar-refractivity contribution in [2.45, 2.75) is 20.8 Å². The van der Waals surface area contributed by atoms with Crippen LogP contribution in [0.1, 0.15) is 27.0 Å². The standard InChI is InChI=1S/C19H16ClN3O3S/c1-10-6-12(3)15(7-11(10)2)16-9-27-19(21-16)22-18(24)14-5-4-13(20)8-17(14)23(25)26/h4-9H,1-3H3,(H,21,22,24). The van der Waals surface area contributed by atoms with Crippen LogP contribution in [-0.4, -0.2) is 15.8 Å². The Bertz CT molecular complexity index is 1060. The van der Waals surface area contributed by atoms with Crippen molar-refractivity contribution in [1.82, 2.24) is 4.98 Å². The molecule has 2 aromatic carbocycles. The van der Waals surface area contributed by atoms with Crippen molar-refractivity contribution in [2.75, 3.05) is 5.32 Å². The predicted octanol–water partition coefficient (Wildman–Crippen LogP) is 5.55. The van der Waals surface area contributed by atoms with Crippen LogP contribution < -0.4 is 5.32 Å². The normalized spacial score (nSPS) is 10.7. The van der Waals surface area contributed by atoms with Crippen LogP contribution in [0.2, 0.25) is 5.02 Å². The summed E-state index contributed by atoms with van der Waals surface area (Å²) in [6.07, 6.45) is 0. The molecule has 0 atom stereocenters. The molecule has 6 nitrogen and oxygen atoms in total. The fourth-order valence-corrected chi connectivity index (χ4v) is 3.58. The van der Waals surface area contributed by atoms with Crippen LogP contribution in [0.3, 0.4) is 0 Å². The van der Waals surface area contributed by atoms with Crippen molar-refractivity contribution in [1.29, 1.82) is 0 Å². The van der Waals surface area contributed by atoms with E-state index in [4.69, 9.17) is 11.6 Å². The van der Waals surface area contributed by atoms with Gasteiger partial charge in [-0.1, -0.05) is 17.7 Å². The van der Waals surface area contributed by atoms with E-state index in [1.54, 1.807) is 0 Å². The summed E-state index contributed by atoms with van der Waals surface area (Å²) in [6.45, 7) is 6.10. The van der Waals surface area contributed by atoms with E-state index in [2.05, 4.69) is 29.4 Å². The summed E-state index contributed by atoms with van der Waals surface area (Å²) in [5.41, 5.74) is 4.79. The van der Waals surface area contributed by atoms with E-state index in [0.717, 1.165) is 28.5 Å². The first kappa shape index (κ1) is 19.0. The Morgan fingerprint density at radius 3 is 2.56 bits per heavy atom. The van der Waals surface area contributed by atoms with Gasteiger partial charge in [-0.25, -0.2) is 4.98 Å². The zero-order valence-electron chi connectivity index (χ0n) is 14.9. The number of nitro groups is 1. The number of nitrogens with one attached hydrogen (secondary N) is 1. The van der Waals surface area contributed by atoms with Crippen LogP contribution in [0.5, 0.6) is 0 Å². The minimum Gasteiger partial charge on any atom is -0.298 e. The number of aromatic nitrogens is 1. The average molecular weight is 402 g/mol. The molecule has 138 valence electrons. The number of hydrogen-bond acceptors (Lipinski definition) is 5. The molecule has 0 saturated carbocycles. The summed E-state index contributed by atoms with van der Waals surface area (Å²) in [6, 6.07) is 8.09. The molecule has 0 aliphatic heterocycles. The number of anilines is 1. The van der Waals surface area contributed by atoms with Gasteiger partial charge in [0.1, 0.15) is 5.56 Å². The van der Waals surface area contributed by atoms with E-state index in [1.807, 2.05) is 19.2 Å². The van der Waals surface area contributed by atoms with Gasteiger partial charge in [0.15, 0.2) is 5.13 Å². The second-order valence-corrected chi connectivity index (χ2v) is 7.46. The average Bonchev–Trinajstić information content (AvgIpc) is 3.06. The van der Waals surface area contributed by atoms with Gasteiger partial charge < -0.3 is 0 Å². The number of carbonyl (C=O) groups excluding carboxylic acids is 1. The van der Waals surface area contributed by atoms with E-state index in [0.29, 0.717) is 5.13 Å². The highest BCUT2D eigenvalue weighted by Gasteiger charge is 2.21. The highest BCUT2D eigenvalue weighted by Crippen LogP contribution is 2.30. The van der Waals surface area contributed by atoms with Gasteiger partial charge in [-0.05, 0) is 55.7 Å². The van der Waals surface area contributed by atoms with Gasteiger partial charge >= 0.3 is 0 Å². The molecule has 3 rings (SSSR count). The van der Waals surface area contributed by atoms with Gasteiger partial charge in [-0.3, -0.25) is 20.2 Å². The first-order chi connectivity index (χ1) is 12.8. The quantitative estimate of drug-likeness (QED) is 0.458. The third-order valence-electron chi connectivity index (χ3n) is 4.24. The molecule has 0 bridgehead atoms. The largest absolute Gasteiger partial charge is 0.298 e. The van der Waals surface area contributed by atoms with Crippen LogP contribution >= 0.6 is 22.9 Å². The molecule has 0 saturated heterocycles. The molecule has 1 aromatic heterocycles. The van der Waals surface area contributed by atoms with Crippen molar-refractivity contribution in [3.05, 3.63) is 73.1 Å². The number of halogens is 1. The second kappa shape index (κ2) is 7.46. The minimum atomic E-state index is -0.632. The molecule has 0 spiro atoms. The molecule has 3 aromatic rings. The highest BCUT2D eigenvalue weighted by atomic mass is 35.5. The molecule has 0 aliphatic carbocycles. The van der Waals surface area contributed by atoms with E-state index in [1.165, 1.54) is 29.0 Å². The summed E-state index contributed by atoms with van der Waals surface area (Å²) >= 11 is 7.05. The van der Waals surface area contributed by atoms with Gasteiger partial charge in [-0.2, -0.15) is 0 Å². The van der Waals surface area contributed by atoms with Gasteiger partial charge in [-0.15, -0.1) is 11.3 Å². The van der Waals surface area contributed by atoms with Crippen molar-refractivity contribution >= 4 is 39.7 Å². The Kier molecular flexibility index (Phi) is 5.25. The fraction of sp³-hybridized carbons (Fsp3) is 0.158. The number of rotatable bonds is 4. The maximum atomic E-state index is 12.5. The van der Waals surface area contributed by atoms with E-state index in [9.17, 15) is 14.9 Å². The second-order valence-electron chi connectivity index (χ2n) is 6.16. The molecule has 0 radical (unpaired) electrons. The lowest BCUT2D eigenvalue weighted by atomic mass is 9.99. The fourth-order valence-electron chi connectivity index (χ4n) is 2.70. The number of benzene rings is 2. The third-order valence-corrected chi connectivity index (χ3v) is 5.24. The number of aryl methyl sites for hydroxylation is 3. The van der Waals surface area contributed by atoms with Crippen molar-refractivity contribution < 1.29 is 9.72 Å². The number of carbonyl (C=O) groups is 1. The van der Waals surface area contributed by atoms with E-state index < -0.39 is 10.8 Å². The van der Waals surface area contributed by atoms with Gasteiger partial charge in [0.05, 0.1) is 10.6 Å². The predicted molar refractivity (Wildman–Crippen MR) is 108 cm³/mol. The molecule has 27 heavy (non-hydrogen) atoms. The first-order valence-electron chi connectivity index (χ1n) is 8.05. The maximum Gasteiger partial charge on any atom is 0.283 e. The first-order valence-corrected chi connectivity index (χ1v) is 9.31. The lowest BCUT2D eigenvalue weighted by Crippen LogP contribution is -2.13. The minimum absolute atomic E-state index is 0.0662. The number of nitro benzene ring substituents is 1. The Morgan fingerprint density at radius 1 is 1.15 bits per heavy atom. The highest BCUT2D eigenvalue weighted by molar-refractivity contribution is 7.14. The molecule has 8 heteroatoms. The summed E-state index contributed by atoms with van der Waals surface area (Å²) < 4.78 is 0. The number of amides is 1. The smallest absolute Gasteiger partial charge is 0.283 e. The van der Waals surface area contributed by atoms with Crippen LogP contribution in [0.15, 0.2) is 35.7 Å². The van der Waals surface area contributed by atoms with Crippen molar-refractivity contribution in [2.24, 2.45) is 0 Å².